The summed E-state index contributed by atoms with van der Waals surface area (Å²) in [6, 6.07) is 0. The van der Waals surface area contributed by atoms with Gasteiger partial charge in [0.1, 0.15) is 0 Å². The molecule has 0 bridgehead atoms. The van der Waals surface area contributed by atoms with Gasteiger partial charge in [-0.25, -0.2) is 0 Å². The molecule has 0 aliphatic carbocycles. The molecule has 0 radical (unpaired) electrons. The van der Waals surface area contributed by atoms with Crippen LogP contribution in [0.25, 0.3) is 0 Å². The molecule has 1 nitrogen and oxygen atoms in total. The number of Topliss-reactive ketones (excluding diaryl/α,β-unsaturated/α-hetero) is 1. The van der Waals surface area contributed by atoms with E-state index in [4.69, 9.17) is 23.2 Å². The fourth-order valence-corrected chi connectivity index (χ4v) is 0.758. The standard InChI is InChI=1S/C7H12Cl2O/c1-5(2)3-4-6(10)7(8)9/h5,7H,3-4H2,1-2H3. The van der Waals surface area contributed by atoms with Crippen molar-refractivity contribution in [1.29, 1.82) is 0 Å². The minimum absolute atomic E-state index is 0.0722. The lowest BCUT2D eigenvalue weighted by Gasteiger charge is -2.02. The van der Waals surface area contributed by atoms with Gasteiger partial charge in [-0.3, -0.25) is 4.79 Å². The molecule has 0 amide bonds. The minimum Gasteiger partial charge on any atom is -0.297 e. The summed E-state index contributed by atoms with van der Waals surface area (Å²) >= 11 is 10.7. The van der Waals surface area contributed by atoms with Crippen LogP contribution in [0.4, 0.5) is 0 Å². The van der Waals surface area contributed by atoms with Crippen molar-refractivity contribution in [2.45, 2.75) is 31.5 Å². The van der Waals surface area contributed by atoms with Crippen LogP contribution in [0.15, 0.2) is 0 Å². The number of hydrogen-bond acceptors (Lipinski definition) is 1. The van der Waals surface area contributed by atoms with Crippen molar-refractivity contribution in [2.24, 2.45) is 5.92 Å². The zero-order valence-corrected chi connectivity index (χ0v) is 7.74. The summed E-state index contributed by atoms with van der Waals surface area (Å²) in [6.45, 7) is 4.12. The maximum Gasteiger partial charge on any atom is 0.165 e. The molecule has 3 heteroatoms. The number of rotatable bonds is 4. The molecule has 0 spiro atoms. The van der Waals surface area contributed by atoms with Gasteiger partial charge in [0.25, 0.3) is 0 Å². The van der Waals surface area contributed by atoms with Gasteiger partial charge >= 0.3 is 0 Å². The van der Waals surface area contributed by atoms with Gasteiger partial charge in [0.05, 0.1) is 0 Å². The highest BCUT2D eigenvalue weighted by Crippen LogP contribution is 2.10. The van der Waals surface area contributed by atoms with Gasteiger partial charge in [0.2, 0.25) is 0 Å². The van der Waals surface area contributed by atoms with E-state index in [0.717, 1.165) is 6.42 Å². The molecule has 0 aromatic carbocycles. The molecule has 0 saturated heterocycles. The Morgan fingerprint density at radius 1 is 1.40 bits per heavy atom. The van der Waals surface area contributed by atoms with Crippen molar-refractivity contribution in [2.75, 3.05) is 0 Å². The van der Waals surface area contributed by atoms with Gasteiger partial charge < -0.3 is 0 Å². The van der Waals surface area contributed by atoms with E-state index in [1.807, 2.05) is 0 Å². The summed E-state index contributed by atoms with van der Waals surface area (Å²) in [5.41, 5.74) is 0. The van der Waals surface area contributed by atoms with Crippen LogP contribution >= 0.6 is 23.2 Å². The average molecular weight is 183 g/mol. The monoisotopic (exact) mass is 182 g/mol. The van der Waals surface area contributed by atoms with E-state index in [-0.39, 0.29) is 5.78 Å². The highest BCUT2D eigenvalue weighted by atomic mass is 35.5. The molecule has 10 heavy (non-hydrogen) atoms. The van der Waals surface area contributed by atoms with Gasteiger partial charge in [-0.1, -0.05) is 37.0 Å². The van der Waals surface area contributed by atoms with Crippen molar-refractivity contribution in [3.8, 4) is 0 Å². The van der Waals surface area contributed by atoms with Gasteiger partial charge in [0, 0.05) is 6.42 Å². The number of ketones is 1. The molecule has 0 aromatic heterocycles. The first-order chi connectivity index (χ1) is 4.54. The Balaban J connectivity index is 3.40. The molecule has 0 saturated carbocycles. The van der Waals surface area contributed by atoms with Crippen molar-refractivity contribution in [1.82, 2.24) is 0 Å². The Bertz CT molecular complexity index is 110. The second kappa shape index (κ2) is 4.97. The number of halogens is 2. The maximum atomic E-state index is 10.8. The second-order valence-corrected chi connectivity index (χ2v) is 3.80. The first kappa shape index (κ1) is 10.2. The Morgan fingerprint density at radius 2 is 1.90 bits per heavy atom. The van der Waals surface area contributed by atoms with E-state index in [1.165, 1.54) is 0 Å². The first-order valence-corrected chi connectivity index (χ1v) is 4.22. The third kappa shape index (κ3) is 5.07. The lowest BCUT2D eigenvalue weighted by molar-refractivity contribution is -0.117. The summed E-state index contributed by atoms with van der Waals surface area (Å²) in [5.74, 6) is 0.466. The van der Waals surface area contributed by atoms with Gasteiger partial charge in [-0.15, -0.1) is 0 Å². The first-order valence-electron chi connectivity index (χ1n) is 3.35. The van der Waals surface area contributed by atoms with E-state index < -0.39 is 4.84 Å². The van der Waals surface area contributed by atoms with Crippen LogP contribution < -0.4 is 0 Å². The zero-order chi connectivity index (χ0) is 8.15. The fourth-order valence-electron chi connectivity index (χ4n) is 0.540. The summed E-state index contributed by atoms with van der Waals surface area (Å²) in [6.07, 6.45) is 1.37. The second-order valence-electron chi connectivity index (χ2n) is 2.70. The smallest absolute Gasteiger partial charge is 0.165 e. The molecule has 0 atom stereocenters. The molecule has 0 aromatic rings. The Labute approximate surface area is 71.7 Å². The predicted octanol–water partition coefficient (Wildman–Crippen LogP) is 2.80. The molecule has 0 unspecified atom stereocenters. The summed E-state index contributed by atoms with van der Waals surface area (Å²) < 4.78 is 0. The summed E-state index contributed by atoms with van der Waals surface area (Å²) in [4.78, 5) is 9.95. The molecule has 0 fully saturated rings. The minimum atomic E-state index is -0.834. The van der Waals surface area contributed by atoms with Crippen LogP contribution in [-0.4, -0.2) is 10.6 Å². The van der Waals surface area contributed by atoms with Crippen LogP contribution in [0.2, 0.25) is 0 Å². The van der Waals surface area contributed by atoms with Crippen molar-refractivity contribution in [3.05, 3.63) is 0 Å². The van der Waals surface area contributed by atoms with Crippen LogP contribution in [0.5, 0.6) is 0 Å². The quantitative estimate of drug-likeness (QED) is 0.612. The predicted molar refractivity (Wildman–Crippen MR) is 44.6 cm³/mol. The van der Waals surface area contributed by atoms with Crippen LogP contribution in [0, 0.1) is 5.92 Å². The third-order valence-corrected chi connectivity index (χ3v) is 1.70. The number of carbonyl (C=O) groups excluding carboxylic acids is 1. The Hall–Kier alpha value is 0.250. The Kier molecular flexibility index (Phi) is 5.10. The number of alkyl halides is 2. The van der Waals surface area contributed by atoms with Crippen LogP contribution in [0.3, 0.4) is 0 Å². The molecule has 0 heterocycles. The fraction of sp³-hybridized carbons (Fsp3) is 0.857. The van der Waals surface area contributed by atoms with Crippen molar-refractivity contribution in [3.63, 3.8) is 0 Å². The van der Waals surface area contributed by atoms with Gasteiger partial charge in [-0.05, 0) is 12.3 Å². The van der Waals surface area contributed by atoms with Crippen LogP contribution in [0.1, 0.15) is 26.7 Å². The molecule has 60 valence electrons. The van der Waals surface area contributed by atoms with Gasteiger partial charge in [0.15, 0.2) is 10.6 Å². The summed E-state index contributed by atoms with van der Waals surface area (Å²) in [7, 11) is 0. The van der Waals surface area contributed by atoms with Gasteiger partial charge in [-0.2, -0.15) is 0 Å². The van der Waals surface area contributed by atoms with Crippen molar-refractivity contribution >= 4 is 29.0 Å². The molecular weight excluding hydrogens is 171 g/mol. The molecular formula is C7H12Cl2O. The molecule has 0 rings (SSSR count). The third-order valence-electron chi connectivity index (χ3n) is 1.21. The topological polar surface area (TPSA) is 17.1 Å². The van der Waals surface area contributed by atoms with E-state index in [1.54, 1.807) is 0 Å². The number of hydrogen-bond donors (Lipinski definition) is 0. The highest BCUT2D eigenvalue weighted by molar-refractivity contribution is 6.53. The highest BCUT2D eigenvalue weighted by Gasteiger charge is 2.10. The van der Waals surface area contributed by atoms with E-state index >= 15 is 0 Å². The van der Waals surface area contributed by atoms with Crippen molar-refractivity contribution < 1.29 is 4.79 Å². The maximum absolute atomic E-state index is 10.8. The summed E-state index contributed by atoms with van der Waals surface area (Å²) in [5, 5.41) is 0. The van der Waals surface area contributed by atoms with Crippen LogP contribution in [-0.2, 0) is 4.79 Å². The molecule has 0 aliphatic heterocycles. The normalized spacial score (nSPS) is 11.0. The number of carbonyl (C=O) groups is 1. The largest absolute Gasteiger partial charge is 0.297 e. The lowest BCUT2D eigenvalue weighted by Crippen LogP contribution is -2.08. The zero-order valence-electron chi connectivity index (χ0n) is 6.23. The SMILES string of the molecule is CC(C)CCC(=O)C(Cl)Cl. The van der Waals surface area contributed by atoms with E-state index in [2.05, 4.69) is 13.8 Å². The lowest BCUT2D eigenvalue weighted by atomic mass is 10.1. The molecule has 0 N–H and O–H groups in total. The van der Waals surface area contributed by atoms with E-state index in [0.29, 0.717) is 12.3 Å². The Morgan fingerprint density at radius 3 is 2.20 bits per heavy atom. The molecule has 0 aliphatic rings. The average Bonchev–Trinajstić information content (AvgIpc) is 1.82. The van der Waals surface area contributed by atoms with E-state index in [9.17, 15) is 4.79 Å².